The van der Waals surface area contributed by atoms with E-state index in [0.717, 1.165) is 4.88 Å². The summed E-state index contributed by atoms with van der Waals surface area (Å²) in [5, 5.41) is 3.91. The third-order valence-corrected chi connectivity index (χ3v) is 3.38. The minimum absolute atomic E-state index is 0.112. The second kappa shape index (κ2) is 5.02. The molecule has 19 heavy (non-hydrogen) atoms. The fourth-order valence-corrected chi connectivity index (χ4v) is 2.18. The highest BCUT2D eigenvalue weighted by molar-refractivity contribution is 7.05. The number of rotatable bonds is 3. The number of halogens is 1. The average molecular weight is 299 g/mol. The lowest BCUT2D eigenvalue weighted by atomic mass is 10.2. The van der Waals surface area contributed by atoms with Crippen molar-refractivity contribution in [3.8, 4) is 11.5 Å². The quantitative estimate of drug-likeness (QED) is 0.810. The van der Waals surface area contributed by atoms with Crippen molar-refractivity contribution in [3.05, 3.63) is 33.8 Å². The zero-order valence-electron chi connectivity index (χ0n) is 9.46. The van der Waals surface area contributed by atoms with E-state index in [1.807, 2.05) is 0 Å². The van der Waals surface area contributed by atoms with Crippen molar-refractivity contribution >= 4 is 29.1 Å². The molecule has 3 rings (SSSR count). The molecule has 1 aliphatic rings. The van der Waals surface area contributed by atoms with Gasteiger partial charge in [0.1, 0.15) is 6.61 Å². The van der Waals surface area contributed by atoms with Gasteiger partial charge in [-0.25, -0.2) is 4.79 Å². The SMILES string of the molecule is O=C(OCc1cnns1)c1cc2c(cc1Cl)OCO2. The number of esters is 1. The van der Waals surface area contributed by atoms with Crippen molar-refractivity contribution in [2.24, 2.45) is 0 Å². The molecule has 8 heteroatoms. The maximum absolute atomic E-state index is 11.9. The Kier molecular flexibility index (Phi) is 3.22. The van der Waals surface area contributed by atoms with Crippen LogP contribution >= 0.6 is 23.1 Å². The molecule has 0 unspecified atom stereocenters. The van der Waals surface area contributed by atoms with Crippen LogP contribution in [0.2, 0.25) is 5.02 Å². The van der Waals surface area contributed by atoms with Crippen molar-refractivity contribution in [1.82, 2.24) is 9.59 Å². The van der Waals surface area contributed by atoms with Crippen molar-refractivity contribution in [2.75, 3.05) is 6.79 Å². The largest absolute Gasteiger partial charge is 0.456 e. The third kappa shape index (κ3) is 2.47. The summed E-state index contributed by atoms with van der Waals surface area (Å²) in [6, 6.07) is 3.05. The Morgan fingerprint density at radius 3 is 2.95 bits per heavy atom. The maximum Gasteiger partial charge on any atom is 0.340 e. The molecule has 0 bridgehead atoms. The standard InChI is InChI=1S/C11H7ClN2O4S/c12-8-2-10-9(17-5-18-10)1-7(8)11(15)16-4-6-3-13-14-19-6/h1-3H,4-5H2. The van der Waals surface area contributed by atoms with Gasteiger partial charge in [-0.3, -0.25) is 0 Å². The molecule has 0 fully saturated rings. The third-order valence-electron chi connectivity index (χ3n) is 2.43. The molecule has 0 spiro atoms. The van der Waals surface area contributed by atoms with Gasteiger partial charge in [0.2, 0.25) is 6.79 Å². The summed E-state index contributed by atoms with van der Waals surface area (Å²) < 4.78 is 19.1. The molecular weight excluding hydrogens is 292 g/mol. The van der Waals surface area contributed by atoms with E-state index in [-0.39, 0.29) is 24.0 Å². The summed E-state index contributed by atoms with van der Waals surface area (Å²) in [7, 11) is 0. The van der Waals surface area contributed by atoms with Crippen LogP contribution in [-0.4, -0.2) is 22.3 Å². The van der Waals surface area contributed by atoms with Crippen molar-refractivity contribution in [1.29, 1.82) is 0 Å². The fourth-order valence-electron chi connectivity index (χ4n) is 1.54. The summed E-state index contributed by atoms with van der Waals surface area (Å²) in [4.78, 5) is 12.7. The van der Waals surface area contributed by atoms with E-state index < -0.39 is 5.97 Å². The van der Waals surface area contributed by atoms with Gasteiger partial charge in [0.15, 0.2) is 11.5 Å². The number of ether oxygens (including phenoxy) is 3. The van der Waals surface area contributed by atoms with Gasteiger partial charge in [0, 0.05) is 12.1 Å². The molecule has 0 saturated heterocycles. The molecule has 0 saturated carbocycles. The maximum atomic E-state index is 11.9. The first-order valence-corrected chi connectivity index (χ1v) is 6.41. The highest BCUT2D eigenvalue weighted by Gasteiger charge is 2.21. The molecule has 0 amide bonds. The number of aromatic nitrogens is 2. The topological polar surface area (TPSA) is 70.5 Å². The van der Waals surface area contributed by atoms with Crippen LogP contribution in [0, 0.1) is 0 Å². The molecule has 98 valence electrons. The van der Waals surface area contributed by atoms with Crippen molar-refractivity contribution in [3.63, 3.8) is 0 Å². The molecule has 2 aromatic rings. The Morgan fingerprint density at radius 2 is 2.21 bits per heavy atom. The van der Waals surface area contributed by atoms with Crippen LogP contribution < -0.4 is 9.47 Å². The molecule has 0 radical (unpaired) electrons. The number of carbonyl (C=O) groups excluding carboxylic acids is 1. The van der Waals surface area contributed by atoms with Crippen LogP contribution in [0.15, 0.2) is 18.3 Å². The van der Waals surface area contributed by atoms with Crippen LogP contribution in [0.4, 0.5) is 0 Å². The van der Waals surface area contributed by atoms with E-state index in [2.05, 4.69) is 9.59 Å². The first kappa shape index (κ1) is 12.2. The van der Waals surface area contributed by atoms with Gasteiger partial charge in [0.05, 0.1) is 21.7 Å². The molecule has 1 aromatic heterocycles. The summed E-state index contributed by atoms with van der Waals surface area (Å²) in [5.74, 6) is 0.473. The summed E-state index contributed by atoms with van der Waals surface area (Å²) >= 11 is 7.17. The lowest BCUT2D eigenvalue weighted by molar-refractivity contribution is 0.0476. The van der Waals surface area contributed by atoms with E-state index in [4.69, 9.17) is 25.8 Å². The first-order chi connectivity index (χ1) is 9.24. The van der Waals surface area contributed by atoms with Gasteiger partial charge < -0.3 is 14.2 Å². The molecule has 6 nitrogen and oxygen atoms in total. The van der Waals surface area contributed by atoms with Crippen LogP contribution in [0.1, 0.15) is 15.2 Å². The van der Waals surface area contributed by atoms with Crippen LogP contribution in [0.5, 0.6) is 11.5 Å². The molecule has 1 aromatic carbocycles. The second-order valence-corrected chi connectivity index (χ2v) is 4.92. The normalized spacial score (nSPS) is 12.5. The predicted octanol–water partition coefficient (Wildman–Crippen LogP) is 2.28. The molecule has 0 aliphatic carbocycles. The van der Waals surface area contributed by atoms with E-state index in [0.29, 0.717) is 11.5 Å². The van der Waals surface area contributed by atoms with Gasteiger partial charge in [-0.1, -0.05) is 16.1 Å². The van der Waals surface area contributed by atoms with Gasteiger partial charge in [-0.15, -0.1) is 5.10 Å². The lowest BCUT2D eigenvalue weighted by Crippen LogP contribution is -2.05. The van der Waals surface area contributed by atoms with E-state index in [1.165, 1.54) is 23.7 Å². The van der Waals surface area contributed by atoms with Crippen LogP contribution in [0.25, 0.3) is 0 Å². The van der Waals surface area contributed by atoms with E-state index in [9.17, 15) is 4.79 Å². The Morgan fingerprint density at radius 1 is 1.42 bits per heavy atom. The Bertz CT molecular complexity index is 617. The Labute approximate surface area is 117 Å². The van der Waals surface area contributed by atoms with Gasteiger partial charge in [-0.05, 0) is 11.5 Å². The van der Waals surface area contributed by atoms with E-state index >= 15 is 0 Å². The Balaban J connectivity index is 1.76. The van der Waals surface area contributed by atoms with Crippen molar-refractivity contribution in [2.45, 2.75) is 6.61 Å². The molecule has 1 aliphatic heterocycles. The number of nitrogens with zero attached hydrogens (tertiary/aromatic N) is 2. The number of fused-ring (bicyclic) bond motifs is 1. The van der Waals surface area contributed by atoms with E-state index in [1.54, 1.807) is 6.20 Å². The second-order valence-electron chi connectivity index (χ2n) is 3.65. The summed E-state index contributed by atoms with van der Waals surface area (Å²) in [6.07, 6.45) is 1.54. The average Bonchev–Trinajstić information content (AvgIpc) is 3.05. The van der Waals surface area contributed by atoms with Gasteiger partial charge >= 0.3 is 5.97 Å². The smallest absolute Gasteiger partial charge is 0.340 e. The minimum atomic E-state index is -0.531. The monoisotopic (exact) mass is 298 g/mol. The number of hydrogen-bond acceptors (Lipinski definition) is 7. The van der Waals surface area contributed by atoms with Crippen LogP contribution in [0.3, 0.4) is 0 Å². The van der Waals surface area contributed by atoms with Gasteiger partial charge in [-0.2, -0.15) is 0 Å². The highest BCUT2D eigenvalue weighted by Crippen LogP contribution is 2.37. The number of hydrogen-bond donors (Lipinski definition) is 0. The molecule has 2 heterocycles. The highest BCUT2D eigenvalue weighted by atomic mass is 35.5. The van der Waals surface area contributed by atoms with Crippen LogP contribution in [-0.2, 0) is 11.3 Å². The first-order valence-electron chi connectivity index (χ1n) is 5.26. The Hall–Kier alpha value is -1.86. The molecule has 0 N–H and O–H groups in total. The number of carbonyl (C=O) groups is 1. The lowest BCUT2D eigenvalue weighted by Gasteiger charge is -2.06. The van der Waals surface area contributed by atoms with Gasteiger partial charge in [0.25, 0.3) is 0 Å². The zero-order chi connectivity index (χ0) is 13.2. The summed E-state index contributed by atoms with van der Waals surface area (Å²) in [5.41, 5.74) is 0.239. The molecule has 0 atom stereocenters. The molecular formula is C11H7ClN2O4S. The number of benzene rings is 1. The minimum Gasteiger partial charge on any atom is -0.456 e. The summed E-state index contributed by atoms with van der Waals surface area (Å²) in [6.45, 7) is 0.234. The zero-order valence-corrected chi connectivity index (χ0v) is 11.0. The van der Waals surface area contributed by atoms with Crippen molar-refractivity contribution < 1.29 is 19.0 Å². The fraction of sp³-hybridized carbons (Fsp3) is 0.182. The predicted molar refractivity (Wildman–Crippen MR) is 66.6 cm³/mol.